The lowest BCUT2D eigenvalue weighted by Crippen LogP contribution is -1.95. The molecule has 4 heteroatoms. The highest BCUT2D eigenvalue weighted by atomic mass is 16.5. The van der Waals surface area contributed by atoms with Gasteiger partial charge in [0.25, 0.3) is 0 Å². The Hall–Kier alpha value is -1.97. The van der Waals surface area contributed by atoms with Crippen LogP contribution in [-0.2, 0) is 7.05 Å². The van der Waals surface area contributed by atoms with Gasteiger partial charge in [-0.15, -0.1) is 0 Å². The van der Waals surface area contributed by atoms with Gasteiger partial charge in [-0.3, -0.25) is 4.68 Å². The molecule has 0 spiro atoms. The molecule has 2 rings (SSSR count). The lowest BCUT2D eigenvalue weighted by Gasteiger charge is -2.05. The molecule has 1 aromatic heterocycles. The van der Waals surface area contributed by atoms with Crippen molar-refractivity contribution >= 4 is 5.82 Å². The Balaban J connectivity index is 2.31. The molecule has 0 saturated heterocycles. The Bertz CT molecular complexity index is 474. The first kappa shape index (κ1) is 10.5. The molecule has 0 aliphatic carbocycles. The molecule has 4 nitrogen and oxygen atoms in total. The first-order chi connectivity index (χ1) is 7.70. The Morgan fingerprint density at radius 2 is 2.00 bits per heavy atom. The molecule has 2 aromatic rings. The molecule has 0 amide bonds. The third-order valence-electron chi connectivity index (χ3n) is 2.36. The van der Waals surface area contributed by atoms with Gasteiger partial charge in [-0.1, -0.05) is 0 Å². The Kier molecular flexibility index (Phi) is 2.81. The molecular formula is C12H15N3O. The molecule has 0 saturated carbocycles. The summed E-state index contributed by atoms with van der Waals surface area (Å²) in [7, 11) is 1.88. The molecule has 0 aliphatic rings. The quantitative estimate of drug-likeness (QED) is 0.856. The maximum Gasteiger partial charge on any atom is 0.146 e. The van der Waals surface area contributed by atoms with E-state index in [0.717, 1.165) is 17.0 Å². The van der Waals surface area contributed by atoms with Crippen LogP contribution in [-0.4, -0.2) is 16.4 Å². The highest BCUT2D eigenvalue weighted by Crippen LogP contribution is 2.23. The lowest BCUT2D eigenvalue weighted by atomic mass is 10.1. The Labute approximate surface area is 94.6 Å². The van der Waals surface area contributed by atoms with Gasteiger partial charge in [0.15, 0.2) is 0 Å². The molecule has 16 heavy (non-hydrogen) atoms. The van der Waals surface area contributed by atoms with Gasteiger partial charge in [0, 0.05) is 18.7 Å². The number of aromatic nitrogens is 2. The van der Waals surface area contributed by atoms with Gasteiger partial charge in [-0.05, 0) is 31.2 Å². The zero-order chi connectivity index (χ0) is 11.5. The number of hydrogen-bond donors (Lipinski definition) is 1. The van der Waals surface area contributed by atoms with Gasteiger partial charge in [0.2, 0.25) is 0 Å². The summed E-state index contributed by atoms with van der Waals surface area (Å²) in [4.78, 5) is 0. The summed E-state index contributed by atoms with van der Waals surface area (Å²) in [5, 5.41) is 4.11. The highest BCUT2D eigenvalue weighted by molar-refractivity contribution is 5.63. The number of ether oxygens (including phenoxy) is 1. The van der Waals surface area contributed by atoms with Crippen molar-refractivity contribution in [2.24, 2.45) is 7.05 Å². The lowest BCUT2D eigenvalue weighted by molar-refractivity contribution is 0.340. The second-order valence-electron chi connectivity index (χ2n) is 3.54. The van der Waals surface area contributed by atoms with E-state index in [1.165, 1.54) is 0 Å². The third kappa shape index (κ3) is 2.00. The minimum Gasteiger partial charge on any atom is -0.494 e. The fraction of sp³-hybridized carbons (Fsp3) is 0.250. The van der Waals surface area contributed by atoms with Crippen LogP contribution in [0.5, 0.6) is 5.75 Å². The number of nitrogens with zero attached hydrogens (tertiary/aromatic N) is 2. The van der Waals surface area contributed by atoms with E-state index in [4.69, 9.17) is 10.5 Å². The van der Waals surface area contributed by atoms with Gasteiger partial charge >= 0.3 is 0 Å². The summed E-state index contributed by atoms with van der Waals surface area (Å²) in [5.74, 6) is 1.41. The van der Waals surface area contributed by atoms with E-state index in [1.807, 2.05) is 44.3 Å². The monoisotopic (exact) mass is 217 g/mol. The molecule has 0 fully saturated rings. The number of aryl methyl sites for hydroxylation is 1. The summed E-state index contributed by atoms with van der Waals surface area (Å²) in [5.41, 5.74) is 7.72. The topological polar surface area (TPSA) is 53.1 Å². The van der Waals surface area contributed by atoms with Gasteiger partial charge in [0.05, 0.1) is 12.3 Å². The van der Waals surface area contributed by atoms with Crippen LogP contribution in [0.2, 0.25) is 0 Å². The van der Waals surface area contributed by atoms with E-state index in [0.29, 0.717) is 12.4 Å². The number of hydrogen-bond acceptors (Lipinski definition) is 3. The van der Waals surface area contributed by atoms with Crippen LogP contribution in [0.1, 0.15) is 6.92 Å². The van der Waals surface area contributed by atoms with Crippen LogP contribution in [0.3, 0.4) is 0 Å². The largest absolute Gasteiger partial charge is 0.494 e. The van der Waals surface area contributed by atoms with Crippen molar-refractivity contribution in [3.8, 4) is 17.0 Å². The van der Waals surface area contributed by atoms with E-state index >= 15 is 0 Å². The number of rotatable bonds is 3. The summed E-state index contributed by atoms with van der Waals surface area (Å²) < 4.78 is 7.15. The molecule has 1 heterocycles. The van der Waals surface area contributed by atoms with Crippen molar-refractivity contribution < 1.29 is 4.74 Å². The van der Waals surface area contributed by atoms with Crippen LogP contribution < -0.4 is 10.5 Å². The normalized spacial score (nSPS) is 10.4. The van der Waals surface area contributed by atoms with Gasteiger partial charge in [-0.25, -0.2) is 0 Å². The van der Waals surface area contributed by atoms with Gasteiger partial charge in [-0.2, -0.15) is 5.10 Å². The first-order valence-corrected chi connectivity index (χ1v) is 5.23. The molecule has 84 valence electrons. The maximum atomic E-state index is 5.64. The van der Waals surface area contributed by atoms with Crippen LogP contribution in [0.15, 0.2) is 30.3 Å². The fourth-order valence-electron chi connectivity index (χ4n) is 1.65. The van der Waals surface area contributed by atoms with Crippen molar-refractivity contribution in [1.82, 2.24) is 9.78 Å². The Morgan fingerprint density at radius 1 is 1.31 bits per heavy atom. The van der Waals surface area contributed by atoms with Crippen LogP contribution in [0.25, 0.3) is 11.3 Å². The number of benzene rings is 1. The molecule has 0 atom stereocenters. The van der Waals surface area contributed by atoms with E-state index in [9.17, 15) is 0 Å². The average Bonchev–Trinajstić information content (AvgIpc) is 2.59. The van der Waals surface area contributed by atoms with Crippen molar-refractivity contribution in [3.05, 3.63) is 30.3 Å². The molecule has 1 aromatic carbocycles. The van der Waals surface area contributed by atoms with E-state index in [-0.39, 0.29) is 0 Å². The highest BCUT2D eigenvalue weighted by Gasteiger charge is 2.05. The van der Waals surface area contributed by atoms with E-state index in [2.05, 4.69) is 5.10 Å². The minimum absolute atomic E-state index is 0.534. The molecule has 0 unspecified atom stereocenters. The first-order valence-electron chi connectivity index (χ1n) is 5.23. The number of nitrogen functional groups attached to an aromatic ring is 1. The zero-order valence-corrected chi connectivity index (χ0v) is 9.47. The standard InChI is InChI=1S/C12H15N3O/c1-3-16-10-6-4-9(5-7-10)11-8-12(13)14-15(11)2/h4-8H,3H2,1-2H3,(H2,13,14). The average molecular weight is 217 g/mol. The van der Waals surface area contributed by atoms with Crippen molar-refractivity contribution in [3.63, 3.8) is 0 Å². The smallest absolute Gasteiger partial charge is 0.146 e. The fourth-order valence-corrected chi connectivity index (χ4v) is 1.65. The van der Waals surface area contributed by atoms with Gasteiger partial charge in [0.1, 0.15) is 11.6 Å². The second kappa shape index (κ2) is 4.26. The predicted molar refractivity (Wildman–Crippen MR) is 64.2 cm³/mol. The van der Waals surface area contributed by atoms with E-state index < -0.39 is 0 Å². The molecule has 0 radical (unpaired) electrons. The molecule has 0 bridgehead atoms. The minimum atomic E-state index is 0.534. The third-order valence-corrected chi connectivity index (χ3v) is 2.36. The number of anilines is 1. The van der Waals surface area contributed by atoms with Crippen molar-refractivity contribution in [1.29, 1.82) is 0 Å². The SMILES string of the molecule is CCOc1ccc(-c2cc(N)nn2C)cc1. The van der Waals surface area contributed by atoms with Crippen molar-refractivity contribution in [2.45, 2.75) is 6.92 Å². The molecular weight excluding hydrogens is 202 g/mol. The molecule has 2 N–H and O–H groups in total. The summed E-state index contributed by atoms with van der Waals surface area (Å²) in [6.07, 6.45) is 0. The number of nitrogens with two attached hydrogens (primary N) is 1. The summed E-state index contributed by atoms with van der Waals surface area (Å²) in [6.45, 7) is 2.65. The summed E-state index contributed by atoms with van der Waals surface area (Å²) in [6, 6.07) is 9.75. The van der Waals surface area contributed by atoms with Gasteiger partial charge < -0.3 is 10.5 Å². The zero-order valence-electron chi connectivity index (χ0n) is 9.47. The van der Waals surface area contributed by atoms with Crippen molar-refractivity contribution in [2.75, 3.05) is 12.3 Å². The maximum absolute atomic E-state index is 5.64. The molecule has 0 aliphatic heterocycles. The summed E-state index contributed by atoms with van der Waals surface area (Å²) >= 11 is 0. The van der Waals surface area contributed by atoms with Crippen LogP contribution >= 0.6 is 0 Å². The second-order valence-corrected chi connectivity index (χ2v) is 3.54. The predicted octanol–water partition coefficient (Wildman–Crippen LogP) is 2.07. The Morgan fingerprint density at radius 3 is 2.50 bits per heavy atom. The van der Waals surface area contributed by atoms with Crippen LogP contribution in [0, 0.1) is 0 Å². The van der Waals surface area contributed by atoms with Crippen LogP contribution in [0.4, 0.5) is 5.82 Å². The van der Waals surface area contributed by atoms with E-state index in [1.54, 1.807) is 4.68 Å².